The van der Waals surface area contributed by atoms with Crippen LogP contribution in [0.4, 0.5) is 0 Å². The Hall–Kier alpha value is -1.66. The van der Waals surface area contributed by atoms with Gasteiger partial charge in [0.25, 0.3) is 5.91 Å². The van der Waals surface area contributed by atoms with E-state index in [9.17, 15) is 4.79 Å². The van der Waals surface area contributed by atoms with Crippen LogP contribution >= 0.6 is 11.9 Å². The topological polar surface area (TPSA) is 47.6 Å². The zero-order chi connectivity index (χ0) is 14.5. The predicted octanol–water partition coefficient (Wildman–Crippen LogP) is 2.12. The van der Waals surface area contributed by atoms with Crippen molar-refractivity contribution in [1.82, 2.24) is 20.3 Å². The van der Waals surface area contributed by atoms with Gasteiger partial charge in [0.15, 0.2) is 0 Å². The monoisotopic (exact) mass is 291 g/mol. The minimum atomic E-state index is -0.162. The van der Waals surface area contributed by atoms with Crippen molar-refractivity contribution in [3.8, 4) is 0 Å². The van der Waals surface area contributed by atoms with Crippen molar-refractivity contribution in [1.29, 1.82) is 0 Å². The van der Waals surface area contributed by atoms with Gasteiger partial charge in [0.1, 0.15) is 5.03 Å². The third-order valence-electron chi connectivity index (χ3n) is 2.96. The van der Waals surface area contributed by atoms with Crippen molar-refractivity contribution in [2.24, 2.45) is 0 Å². The lowest BCUT2D eigenvalue weighted by Crippen LogP contribution is -2.41. The van der Waals surface area contributed by atoms with Crippen LogP contribution in [0.3, 0.4) is 0 Å². The van der Waals surface area contributed by atoms with Gasteiger partial charge in [0, 0.05) is 36.8 Å². The summed E-state index contributed by atoms with van der Waals surface area (Å²) in [4.78, 5) is 14.3. The summed E-state index contributed by atoms with van der Waals surface area (Å²) in [6.45, 7) is 9.89. The second kappa shape index (κ2) is 6.67. The van der Waals surface area contributed by atoms with E-state index in [1.807, 2.05) is 18.3 Å². The molecule has 0 spiro atoms. The maximum absolute atomic E-state index is 12.1. The Morgan fingerprint density at radius 2 is 2.20 bits per heavy atom. The molecule has 6 heteroatoms. The zero-order valence-corrected chi connectivity index (χ0v) is 12.5. The molecule has 1 heterocycles. The smallest absolute Gasteiger partial charge is 0.267 e. The first kappa shape index (κ1) is 14.7. The Balaban J connectivity index is 1.92. The second-order valence-corrected chi connectivity index (χ2v) is 5.28. The number of carbonyl (C=O) groups is 1. The molecule has 2 rings (SSSR count). The summed E-state index contributed by atoms with van der Waals surface area (Å²) in [7, 11) is 0. The Morgan fingerprint density at radius 3 is 2.85 bits per heavy atom. The molecule has 0 aliphatic carbocycles. The molecule has 1 amide bonds. The molecule has 0 atom stereocenters. The Morgan fingerprint density at radius 1 is 1.45 bits per heavy atom. The molecule has 0 saturated carbocycles. The van der Waals surface area contributed by atoms with Gasteiger partial charge >= 0.3 is 0 Å². The van der Waals surface area contributed by atoms with Crippen LogP contribution in [0.1, 0.15) is 29.8 Å². The number of nitrogens with one attached hydrogen (secondary N) is 2. The quantitative estimate of drug-likeness (QED) is 0.814. The second-order valence-electron chi connectivity index (χ2n) is 4.31. The normalized spacial score (nSPS) is 14.7. The lowest BCUT2D eigenvalue weighted by Gasteiger charge is -2.22. The average molecular weight is 291 g/mol. The number of nitrogens with zero attached hydrogens (tertiary/aromatic N) is 2. The molecule has 0 saturated heterocycles. The maximum atomic E-state index is 12.1. The molecule has 0 fully saturated rings. The van der Waals surface area contributed by atoms with Crippen molar-refractivity contribution in [2.45, 2.75) is 13.8 Å². The molecule has 0 bridgehead atoms. The first-order valence-electron chi connectivity index (χ1n) is 6.56. The van der Waals surface area contributed by atoms with E-state index in [0.29, 0.717) is 5.56 Å². The van der Waals surface area contributed by atoms with E-state index in [1.54, 1.807) is 16.7 Å². The zero-order valence-electron chi connectivity index (χ0n) is 11.7. The standard InChI is InChI=1S/C14H19N4OS/c1-4-17(5-2)13-10-15-18(20-13)16-14(19)12-8-6-7-11(3)9-12/h6-10,15H,3-5H2,1-2H3,(H,16,19). The molecule has 20 heavy (non-hydrogen) atoms. The molecule has 1 aromatic rings. The van der Waals surface area contributed by atoms with Gasteiger partial charge < -0.3 is 4.90 Å². The van der Waals surface area contributed by atoms with E-state index in [2.05, 4.69) is 36.5 Å². The van der Waals surface area contributed by atoms with Crippen LogP contribution in [-0.2, 0) is 0 Å². The molecular formula is C14H19N4OS. The van der Waals surface area contributed by atoms with E-state index < -0.39 is 0 Å². The van der Waals surface area contributed by atoms with E-state index in [1.165, 1.54) is 11.9 Å². The maximum Gasteiger partial charge on any atom is 0.267 e. The van der Waals surface area contributed by atoms with Crippen molar-refractivity contribution in [3.63, 3.8) is 0 Å². The predicted molar refractivity (Wildman–Crippen MR) is 81.9 cm³/mol. The van der Waals surface area contributed by atoms with Gasteiger partial charge in [-0.05, 0) is 38.5 Å². The summed E-state index contributed by atoms with van der Waals surface area (Å²) >= 11 is 1.46. The summed E-state index contributed by atoms with van der Waals surface area (Å²) in [5.41, 5.74) is 7.23. The minimum Gasteiger partial charge on any atom is -0.365 e. The lowest BCUT2D eigenvalue weighted by molar-refractivity contribution is 0.0871. The molecule has 1 aromatic carbocycles. The summed E-state index contributed by atoms with van der Waals surface area (Å²) in [6, 6.07) is 7.21. The van der Waals surface area contributed by atoms with E-state index in [4.69, 9.17) is 0 Å². The Kier molecular flexibility index (Phi) is 4.92. The highest BCUT2D eigenvalue weighted by atomic mass is 32.2. The number of amides is 1. The van der Waals surface area contributed by atoms with Crippen LogP contribution < -0.4 is 10.9 Å². The van der Waals surface area contributed by atoms with Crippen LogP contribution in [0, 0.1) is 6.92 Å². The summed E-state index contributed by atoms with van der Waals surface area (Å²) in [6.07, 6.45) is 1.88. The van der Waals surface area contributed by atoms with Crippen molar-refractivity contribution < 1.29 is 4.79 Å². The fraction of sp³-hybridized carbons (Fsp3) is 0.286. The minimum absolute atomic E-state index is 0.162. The Labute approximate surface area is 124 Å². The van der Waals surface area contributed by atoms with Gasteiger partial charge in [-0.25, -0.2) is 0 Å². The molecular weight excluding hydrogens is 272 g/mol. The molecule has 1 radical (unpaired) electrons. The average Bonchev–Trinajstić information content (AvgIpc) is 2.88. The Bertz CT molecular complexity index is 514. The molecule has 5 nitrogen and oxygen atoms in total. The van der Waals surface area contributed by atoms with Gasteiger partial charge in [-0.3, -0.25) is 15.6 Å². The summed E-state index contributed by atoms with van der Waals surface area (Å²) in [5.74, 6) is -0.162. The third-order valence-corrected chi connectivity index (χ3v) is 3.90. The van der Waals surface area contributed by atoms with Crippen LogP contribution in [0.15, 0.2) is 35.5 Å². The van der Waals surface area contributed by atoms with Gasteiger partial charge in [0.05, 0.1) is 0 Å². The van der Waals surface area contributed by atoms with Gasteiger partial charge in [0.2, 0.25) is 0 Å². The molecule has 2 N–H and O–H groups in total. The fourth-order valence-electron chi connectivity index (χ4n) is 1.87. The SMILES string of the molecule is [CH2]c1cccc(C(=O)NN2NC=C(N(CC)CC)S2)c1. The third kappa shape index (κ3) is 3.46. The van der Waals surface area contributed by atoms with E-state index in [-0.39, 0.29) is 5.91 Å². The van der Waals surface area contributed by atoms with Gasteiger partial charge in [-0.2, -0.15) is 0 Å². The van der Waals surface area contributed by atoms with Crippen LogP contribution in [-0.4, -0.2) is 28.4 Å². The number of rotatable bonds is 5. The number of hydrogen-bond acceptors (Lipinski definition) is 5. The van der Waals surface area contributed by atoms with E-state index in [0.717, 1.165) is 23.7 Å². The van der Waals surface area contributed by atoms with Crippen LogP contribution in [0.5, 0.6) is 0 Å². The number of hydrogen-bond donors (Lipinski definition) is 2. The van der Waals surface area contributed by atoms with Crippen LogP contribution in [0.25, 0.3) is 0 Å². The van der Waals surface area contributed by atoms with Crippen molar-refractivity contribution in [3.05, 3.63) is 53.5 Å². The number of hydrazine groups is 2. The lowest BCUT2D eigenvalue weighted by atomic mass is 10.1. The first-order chi connectivity index (χ1) is 9.63. The highest BCUT2D eigenvalue weighted by Crippen LogP contribution is 2.25. The first-order valence-corrected chi connectivity index (χ1v) is 7.33. The fourth-order valence-corrected chi connectivity index (χ4v) is 2.77. The molecule has 1 aliphatic rings. The molecule has 107 valence electrons. The van der Waals surface area contributed by atoms with Crippen molar-refractivity contribution >= 4 is 17.9 Å². The summed E-state index contributed by atoms with van der Waals surface area (Å²) < 4.78 is 1.60. The number of carbonyl (C=O) groups excluding carboxylic acids is 1. The van der Waals surface area contributed by atoms with E-state index >= 15 is 0 Å². The molecule has 0 aromatic heterocycles. The van der Waals surface area contributed by atoms with Gasteiger partial charge in [-0.1, -0.05) is 16.7 Å². The highest BCUT2D eigenvalue weighted by Gasteiger charge is 2.20. The largest absolute Gasteiger partial charge is 0.365 e. The molecule has 1 aliphatic heterocycles. The van der Waals surface area contributed by atoms with Crippen molar-refractivity contribution in [2.75, 3.05) is 13.1 Å². The van der Waals surface area contributed by atoms with Gasteiger partial charge in [-0.15, -0.1) is 0 Å². The molecule has 0 unspecified atom stereocenters. The summed E-state index contributed by atoms with van der Waals surface area (Å²) in [5, 5.41) is 1.08. The number of benzene rings is 1. The van der Waals surface area contributed by atoms with Crippen LogP contribution in [0.2, 0.25) is 0 Å². The highest BCUT2D eigenvalue weighted by molar-refractivity contribution is 8.00.